The van der Waals surface area contributed by atoms with Crippen molar-refractivity contribution in [2.75, 3.05) is 13.7 Å². The number of fused-ring (bicyclic) bond motifs is 1. The number of hydrogen-bond acceptors (Lipinski definition) is 5. The summed E-state index contributed by atoms with van der Waals surface area (Å²) < 4.78 is 10.3. The van der Waals surface area contributed by atoms with E-state index in [9.17, 15) is 10.1 Å². The Morgan fingerprint density at radius 3 is 2.68 bits per heavy atom. The molecule has 1 heterocycles. The van der Waals surface area contributed by atoms with Crippen LogP contribution in [0.2, 0.25) is 0 Å². The van der Waals surface area contributed by atoms with Gasteiger partial charge in [-0.3, -0.25) is 14.9 Å². The molecule has 7 heteroatoms. The van der Waals surface area contributed by atoms with Gasteiger partial charge in [-0.15, -0.1) is 0 Å². The number of rotatable bonds is 2. The lowest BCUT2D eigenvalue weighted by molar-refractivity contribution is -0.427. The largest absolute Gasteiger partial charge is 0.497 e. The Morgan fingerprint density at radius 1 is 1.53 bits per heavy atom. The Balaban J connectivity index is 0.000000399. The minimum Gasteiger partial charge on any atom is -0.497 e. The van der Waals surface area contributed by atoms with Crippen LogP contribution in [0.5, 0.6) is 11.5 Å². The van der Waals surface area contributed by atoms with Gasteiger partial charge in [-0.1, -0.05) is 0 Å². The first kappa shape index (κ1) is 14.5. The lowest BCUT2D eigenvalue weighted by Gasteiger charge is -2.13. The predicted molar refractivity (Wildman–Crippen MR) is 66.8 cm³/mol. The van der Waals surface area contributed by atoms with Gasteiger partial charge in [0.1, 0.15) is 11.5 Å². The third-order valence-corrected chi connectivity index (χ3v) is 2.15. The van der Waals surface area contributed by atoms with Crippen molar-refractivity contribution in [1.29, 1.82) is 0 Å². The normalized spacial score (nSPS) is 12.0. The molecule has 1 aliphatic heterocycles. The zero-order valence-electron chi connectivity index (χ0n) is 10.5. The molecule has 0 saturated heterocycles. The Hall–Kier alpha value is -2.57. The first-order valence-corrected chi connectivity index (χ1v) is 5.29. The van der Waals surface area contributed by atoms with Gasteiger partial charge in [0.2, 0.25) is 0 Å². The van der Waals surface area contributed by atoms with E-state index in [1.54, 1.807) is 25.3 Å². The molecule has 1 N–H and O–H groups in total. The van der Waals surface area contributed by atoms with Crippen LogP contribution in [0.15, 0.2) is 23.9 Å². The second-order valence-corrected chi connectivity index (χ2v) is 3.60. The maximum atomic E-state index is 10.5. The Kier molecular flexibility index (Phi) is 4.87. The molecule has 1 aromatic carbocycles. The zero-order valence-corrected chi connectivity index (χ0v) is 10.5. The van der Waals surface area contributed by atoms with Crippen LogP contribution in [-0.2, 0) is 4.79 Å². The summed E-state index contributed by atoms with van der Waals surface area (Å²) in [6, 6.07) is 5.20. The maximum absolute atomic E-state index is 10.5. The van der Waals surface area contributed by atoms with E-state index < -0.39 is 10.9 Å². The van der Waals surface area contributed by atoms with E-state index in [2.05, 4.69) is 0 Å². The summed E-state index contributed by atoms with van der Waals surface area (Å²) in [7, 11) is 1.55. The molecule has 1 aromatic rings. The fraction of sp³-hybridized carbons (Fsp3) is 0.250. The minimum absolute atomic E-state index is 0.00628. The number of ether oxygens (including phenoxy) is 2. The topological polar surface area (TPSA) is 98.9 Å². The van der Waals surface area contributed by atoms with Gasteiger partial charge in [0.05, 0.1) is 12.0 Å². The number of hydrogen-bond donors (Lipinski definition) is 1. The lowest BCUT2D eigenvalue weighted by Crippen LogP contribution is -2.13. The van der Waals surface area contributed by atoms with E-state index >= 15 is 0 Å². The van der Waals surface area contributed by atoms with Crippen LogP contribution in [0.1, 0.15) is 12.5 Å². The number of methoxy groups -OCH3 is 1. The van der Waals surface area contributed by atoms with Crippen LogP contribution >= 0.6 is 0 Å². The van der Waals surface area contributed by atoms with Crippen molar-refractivity contribution in [2.45, 2.75) is 6.92 Å². The van der Waals surface area contributed by atoms with E-state index in [-0.39, 0.29) is 12.3 Å². The second kappa shape index (κ2) is 6.39. The van der Waals surface area contributed by atoms with E-state index in [4.69, 9.17) is 19.4 Å². The van der Waals surface area contributed by atoms with Crippen molar-refractivity contribution >= 4 is 12.0 Å². The number of nitro groups is 1. The van der Waals surface area contributed by atoms with Gasteiger partial charge in [0, 0.05) is 18.6 Å². The molecule has 0 aliphatic carbocycles. The van der Waals surface area contributed by atoms with Gasteiger partial charge >= 0.3 is 0 Å². The molecular weight excluding hydrogens is 254 g/mol. The highest BCUT2D eigenvalue weighted by Gasteiger charge is 2.19. The molecule has 0 bridgehead atoms. The fourth-order valence-corrected chi connectivity index (χ4v) is 1.38. The first-order chi connectivity index (χ1) is 8.93. The predicted octanol–water partition coefficient (Wildman–Crippen LogP) is 1.80. The second-order valence-electron chi connectivity index (χ2n) is 3.60. The van der Waals surface area contributed by atoms with Crippen molar-refractivity contribution in [1.82, 2.24) is 0 Å². The molecule has 2 rings (SSSR count). The van der Waals surface area contributed by atoms with Gasteiger partial charge in [0.25, 0.3) is 11.7 Å². The highest BCUT2D eigenvalue weighted by Crippen LogP contribution is 2.29. The standard InChI is InChI=1S/C10H9NO4.C2H4O2/c1-14-9-2-3-10-7(5-9)4-8(6-15-10)11(12)13;1-2(3)4/h2-5H,6H2,1H3;1H3,(H,3,4). The van der Waals surface area contributed by atoms with Crippen molar-refractivity contribution in [2.24, 2.45) is 0 Å². The van der Waals surface area contributed by atoms with Crippen LogP contribution in [0.3, 0.4) is 0 Å². The van der Waals surface area contributed by atoms with E-state index in [0.29, 0.717) is 17.1 Å². The van der Waals surface area contributed by atoms with Gasteiger partial charge in [-0.25, -0.2) is 0 Å². The minimum atomic E-state index is -0.833. The Bertz CT molecular complexity index is 519. The molecule has 7 nitrogen and oxygen atoms in total. The molecule has 0 fully saturated rings. The van der Waals surface area contributed by atoms with Gasteiger partial charge in [0.15, 0.2) is 6.61 Å². The summed E-state index contributed by atoms with van der Waals surface area (Å²) >= 11 is 0. The lowest BCUT2D eigenvalue weighted by atomic mass is 10.1. The van der Waals surface area contributed by atoms with Gasteiger partial charge in [-0.05, 0) is 18.2 Å². The molecule has 19 heavy (non-hydrogen) atoms. The van der Waals surface area contributed by atoms with Crippen LogP contribution in [-0.4, -0.2) is 29.7 Å². The maximum Gasteiger partial charge on any atom is 0.300 e. The third kappa shape index (κ3) is 4.30. The molecule has 0 amide bonds. The summed E-state index contributed by atoms with van der Waals surface area (Å²) in [6.07, 6.45) is 1.50. The SMILES string of the molecule is CC(=O)O.COc1ccc2c(c1)C=C([N+](=O)[O-])CO2. The molecule has 0 aromatic heterocycles. The quantitative estimate of drug-likeness (QED) is 0.647. The smallest absolute Gasteiger partial charge is 0.300 e. The average Bonchev–Trinajstić information content (AvgIpc) is 2.36. The number of carboxylic acid groups (broad SMARTS) is 1. The summed E-state index contributed by atoms with van der Waals surface area (Å²) in [5, 5.41) is 18.0. The Morgan fingerprint density at radius 2 is 2.16 bits per heavy atom. The molecule has 0 spiro atoms. The number of benzene rings is 1. The van der Waals surface area contributed by atoms with Crippen LogP contribution in [0.25, 0.3) is 6.08 Å². The van der Waals surface area contributed by atoms with Crippen molar-refractivity contribution in [3.63, 3.8) is 0 Å². The zero-order chi connectivity index (χ0) is 14.4. The van der Waals surface area contributed by atoms with Crippen molar-refractivity contribution < 1.29 is 24.3 Å². The van der Waals surface area contributed by atoms with Gasteiger partial charge in [-0.2, -0.15) is 0 Å². The molecule has 1 aliphatic rings. The molecule has 0 atom stereocenters. The fourth-order valence-electron chi connectivity index (χ4n) is 1.38. The summed E-state index contributed by atoms with van der Waals surface area (Å²) in [5.41, 5.74) is 0.725. The Labute approximate surface area is 109 Å². The number of carboxylic acids is 1. The van der Waals surface area contributed by atoms with Crippen molar-refractivity contribution in [3.8, 4) is 11.5 Å². The van der Waals surface area contributed by atoms with Crippen LogP contribution in [0, 0.1) is 10.1 Å². The third-order valence-electron chi connectivity index (χ3n) is 2.15. The highest BCUT2D eigenvalue weighted by atomic mass is 16.6. The average molecular weight is 267 g/mol. The number of nitrogens with zero attached hydrogens (tertiary/aromatic N) is 1. The van der Waals surface area contributed by atoms with E-state index in [1.807, 2.05) is 0 Å². The summed E-state index contributed by atoms with van der Waals surface area (Å²) in [4.78, 5) is 19.1. The number of carbonyl (C=O) groups is 1. The monoisotopic (exact) mass is 267 g/mol. The first-order valence-electron chi connectivity index (χ1n) is 5.29. The van der Waals surface area contributed by atoms with Crippen LogP contribution in [0.4, 0.5) is 0 Å². The molecule has 0 saturated carbocycles. The molecule has 102 valence electrons. The van der Waals surface area contributed by atoms with E-state index in [1.165, 1.54) is 6.08 Å². The molecular formula is C12H13NO6. The molecule has 0 radical (unpaired) electrons. The summed E-state index contributed by atoms with van der Waals surface area (Å²) in [5.74, 6) is 0.458. The van der Waals surface area contributed by atoms with Crippen molar-refractivity contribution in [3.05, 3.63) is 39.6 Å². The van der Waals surface area contributed by atoms with E-state index in [0.717, 1.165) is 6.92 Å². The number of aliphatic carboxylic acids is 1. The van der Waals surface area contributed by atoms with Crippen LogP contribution < -0.4 is 9.47 Å². The molecule has 0 unspecified atom stereocenters. The van der Waals surface area contributed by atoms with Gasteiger partial charge < -0.3 is 14.6 Å². The highest BCUT2D eigenvalue weighted by molar-refractivity contribution is 5.63. The summed E-state index contributed by atoms with van der Waals surface area (Å²) in [6.45, 7) is 1.09.